The van der Waals surface area contributed by atoms with Gasteiger partial charge in [0.1, 0.15) is 5.82 Å². The van der Waals surface area contributed by atoms with Gasteiger partial charge in [-0.2, -0.15) is 4.98 Å². The second kappa shape index (κ2) is 6.55. The minimum Gasteiger partial charge on any atom is -0.481 e. The number of nitrogens with one attached hydrogen (secondary N) is 1. The molecule has 1 aromatic rings. The highest BCUT2D eigenvalue weighted by atomic mass is 79.9. The van der Waals surface area contributed by atoms with Gasteiger partial charge in [-0.25, -0.2) is 4.98 Å². The fourth-order valence-corrected chi connectivity index (χ4v) is 1.91. The summed E-state index contributed by atoms with van der Waals surface area (Å²) in [5, 5.41) is 5.53. The molecule has 1 N–H and O–H groups in total. The number of anilines is 1. The summed E-state index contributed by atoms with van der Waals surface area (Å²) in [4.78, 5) is 31.0. The van der Waals surface area contributed by atoms with Crippen LogP contribution in [-0.4, -0.2) is 28.5 Å². The zero-order chi connectivity index (χ0) is 14.5. The third-order valence-corrected chi connectivity index (χ3v) is 3.25. The number of amides is 1. The molecule has 7 nitrogen and oxygen atoms in total. The van der Waals surface area contributed by atoms with Crippen LogP contribution in [0.4, 0.5) is 5.82 Å². The van der Waals surface area contributed by atoms with E-state index in [9.17, 15) is 9.70 Å². The predicted octanol–water partition coefficient (Wildman–Crippen LogP) is 2.51. The number of rotatable bonds is 6. The normalized spacial score (nSPS) is 10.9. The van der Waals surface area contributed by atoms with E-state index >= 15 is 0 Å². The van der Waals surface area contributed by atoms with Gasteiger partial charge < -0.3 is 10.1 Å². The van der Waals surface area contributed by atoms with Crippen molar-refractivity contribution in [2.75, 3.05) is 12.4 Å². The first-order valence-electron chi connectivity index (χ1n) is 5.75. The van der Waals surface area contributed by atoms with Gasteiger partial charge in [0, 0.05) is 6.07 Å². The molecule has 1 rings (SSSR count). The average molecular weight is 331 g/mol. The highest BCUT2D eigenvalue weighted by Gasteiger charge is 2.36. The minimum absolute atomic E-state index is 0.249. The summed E-state index contributed by atoms with van der Waals surface area (Å²) in [7, 11) is 1.45. The van der Waals surface area contributed by atoms with Crippen LogP contribution in [0.1, 0.15) is 26.7 Å². The van der Waals surface area contributed by atoms with Crippen LogP contribution < -0.4 is 10.1 Å². The van der Waals surface area contributed by atoms with Crippen LogP contribution in [0, 0.1) is 4.91 Å². The Bertz CT molecular complexity index is 477. The van der Waals surface area contributed by atoms with Gasteiger partial charge in [-0.05, 0) is 28.8 Å². The molecular formula is C11H15BrN4O3. The van der Waals surface area contributed by atoms with E-state index < -0.39 is 11.4 Å². The number of nitrogens with zero attached hydrogens (tertiary/aromatic N) is 3. The Labute approximate surface area is 119 Å². The fourth-order valence-electron chi connectivity index (χ4n) is 1.54. The Morgan fingerprint density at radius 3 is 2.58 bits per heavy atom. The van der Waals surface area contributed by atoms with Crippen molar-refractivity contribution in [2.24, 2.45) is 5.18 Å². The molecule has 0 unspecified atom stereocenters. The first-order chi connectivity index (χ1) is 9.01. The molecule has 0 spiro atoms. The van der Waals surface area contributed by atoms with E-state index in [-0.39, 0.29) is 10.6 Å². The Morgan fingerprint density at radius 2 is 2.11 bits per heavy atom. The van der Waals surface area contributed by atoms with Crippen molar-refractivity contribution < 1.29 is 9.53 Å². The van der Waals surface area contributed by atoms with Crippen LogP contribution in [0.15, 0.2) is 16.0 Å². The Balaban J connectivity index is 2.98. The lowest BCUT2D eigenvalue weighted by molar-refractivity contribution is -0.121. The number of nitroso groups, excluding NO2 is 1. The second-order valence-corrected chi connectivity index (χ2v) is 4.56. The number of carbonyl (C=O) groups is 1. The van der Waals surface area contributed by atoms with Crippen molar-refractivity contribution in [1.82, 2.24) is 9.97 Å². The van der Waals surface area contributed by atoms with Crippen molar-refractivity contribution in [2.45, 2.75) is 32.2 Å². The number of aromatic nitrogens is 2. The lowest BCUT2D eigenvalue weighted by atomic mass is 9.93. The van der Waals surface area contributed by atoms with Crippen LogP contribution >= 0.6 is 15.9 Å². The van der Waals surface area contributed by atoms with Crippen LogP contribution in [0.3, 0.4) is 0 Å². The van der Waals surface area contributed by atoms with Gasteiger partial charge in [-0.15, -0.1) is 4.91 Å². The highest BCUT2D eigenvalue weighted by Crippen LogP contribution is 2.23. The maximum atomic E-state index is 12.1. The monoisotopic (exact) mass is 330 g/mol. The van der Waals surface area contributed by atoms with Crippen LogP contribution in [0.5, 0.6) is 5.88 Å². The Hall–Kier alpha value is -1.57. The molecule has 1 amide bonds. The number of methoxy groups -OCH3 is 1. The molecule has 0 aromatic carbocycles. The van der Waals surface area contributed by atoms with Gasteiger partial charge in [-0.1, -0.05) is 19.0 Å². The maximum absolute atomic E-state index is 12.1. The zero-order valence-electron chi connectivity index (χ0n) is 10.9. The Kier molecular flexibility index (Phi) is 5.34. The number of halogens is 1. The van der Waals surface area contributed by atoms with E-state index in [1.54, 1.807) is 13.8 Å². The summed E-state index contributed by atoms with van der Waals surface area (Å²) in [6, 6.07) is 1.46. The maximum Gasteiger partial charge on any atom is 0.257 e. The van der Waals surface area contributed by atoms with E-state index in [0.29, 0.717) is 18.7 Å². The fraction of sp³-hybridized carbons (Fsp3) is 0.545. The lowest BCUT2D eigenvalue weighted by Gasteiger charge is -2.21. The molecule has 0 radical (unpaired) electrons. The standard InChI is InChI=1S/C11H15BrN4O3/c1-4-11(5-2,16-18)9(17)13-7-6-8(19-3)15-10(12)14-7/h6H,4-5H2,1-3H3,(H,13,14,15,17). The molecule has 0 atom stereocenters. The van der Waals surface area contributed by atoms with E-state index in [4.69, 9.17) is 4.74 Å². The Morgan fingerprint density at radius 1 is 1.47 bits per heavy atom. The van der Waals surface area contributed by atoms with Crippen molar-refractivity contribution in [3.63, 3.8) is 0 Å². The molecule has 0 fully saturated rings. The molecule has 0 saturated heterocycles. The van der Waals surface area contributed by atoms with Gasteiger partial charge in [0.25, 0.3) is 5.91 Å². The van der Waals surface area contributed by atoms with Gasteiger partial charge in [0.05, 0.1) is 7.11 Å². The summed E-state index contributed by atoms with van der Waals surface area (Å²) < 4.78 is 5.24. The quantitative estimate of drug-likeness (QED) is 0.638. The highest BCUT2D eigenvalue weighted by molar-refractivity contribution is 9.10. The van der Waals surface area contributed by atoms with Gasteiger partial charge in [0.15, 0.2) is 5.54 Å². The molecule has 104 valence electrons. The van der Waals surface area contributed by atoms with E-state index in [1.165, 1.54) is 13.2 Å². The smallest absolute Gasteiger partial charge is 0.257 e. The van der Waals surface area contributed by atoms with Gasteiger partial charge in [0.2, 0.25) is 10.6 Å². The first-order valence-corrected chi connectivity index (χ1v) is 6.55. The van der Waals surface area contributed by atoms with Crippen molar-refractivity contribution in [3.05, 3.63) is 15.7 Å². The minimum atomic E-state index is -1.27. The third kappa shape index (κ3) is 3.46. The van der Waals surface area contributed by atoms with Crippen LogP contribution in [0.2, 0.25) is 0 Å². The topological polar surface area (TPSA) is 93.5 Å². The van der Waals surface area contributed by atoms with Crippen molar-refractivity contribution in [1.29, 1.82) is 0 Å². The van der Waals surface area contributed by atoms with Crippen molar-refractivity contribution >= 4 is 27.7 Å². The number of carbonyl (C=O) groups excluding carboxylic acids is 1. The molecular weight excluding hydrogens is 316 g/mol. The molecule has 1 aromatic heterocycles. The second-order valence-electron chi connectivity index (χ2n) is 3.85. The summed E-state index contributed by atoms with van der Waals surface area (Å²) in [6.07, 6.45) is 0.643. The number of ether oxygens (including phenoxy) is 1. The number of hydrogen-bond acceptors (Lipinski definition) is 6. The molecule has 0 bridgehead atoms. The zero-order valence-corrected chi connectivity index (χ0v) is 12.5. The number of hydrogen-bond donors (Lipinski definition) is 1. The summed E-state index contributed by atoms with van der Waals surface area (Å²) in [5.41, 5.74) is -1.27. The summed E-state index contributed by atoms with van der Waals surface area (Å²) in [5.74, 6) is 0.0636. The SMILES string of the molecule is CCC(CC)(N=O)C(=O)Nc1cc(OC)nc(Br)n1. The first kappa shape index (κ1) is 15.5. The van der Waals surface area contributed by atoms with Crippen molar-refractivity contribution in [3.8, 4) is 5.88 Å². The summed E-state index contributed by atoms with van der Waals surface area (Å²) >= 11 is 3.11. The molecule has 8 heteroatoms. The van der Waals surface area contributed by atoms with Gasteiger partial charge in [-0.3, -0.25) is 4.79 Å². The van der Waals surface area contributed by atoms with E-state index in [0.717, 1.165) is 0 Å². The molecule has 0 saturated carbocycles. The summed E-state index contributed by atoms with van der Waals surface area (Å²) in [6.45, 7) is 3.47. The molecule has 0 aliphatic carbocycles. The average Bonchev–Trinajstić information content (AvgIpc) is 2.40. The molecule has 0 aliphatic heterocycles. The van der Waals surface area contributed by atoms with Crippen LogP contribution in [-0.2, 0) is 4.79 Å². The molecule has 0 aliphatic rings. The van der Waals surface area contributed by atoms with E-state index in [2.05, 4.69) is 36.4 Å². The van der Waals surface area contributed by atoms with E-state index in [1.807, 2.05) is 0 Å². The molecule has 1 heterocycles. The van der Waals surface area contributed by atoms with Gasteiger partial charge >= 0.3 is 0 Å². The molecule has 19 heavy (non-hydrogen) atoms. The largest absolute Gasteiger partial charge is 0.481 e. The van der Waals surface area contributed by atoms with Crippen LogP contribution in [0.25, 0.3) is 0 Å². The lowest BCUT2D eigenvalue weighted by Crippen LogP contribution is -2.40. The third-order valence-electron chi connectivity index (χ3n) is 2.89. The predicted molar refractivity (Wildman–Crippen MR) is 74.0 cm³/mol.